The van der Waals surface area contributed by atoms with Crippen LogP contribution in [0, 0.1) is 11.3 Å². The summed E-state index contributed by atoms with van der Waals surface area (Å²) < 4.78 is 16.0. The van der Waals surface area contributed by atoms with Gasteiger partial charge in [0.05, 0.1) is 25.9 Å². The van der Waals surface area contributed by atoms with Crippen LogP contribution in [0.5, 0.6) is 17.2 Å². The van der Waals surface area contributed by atoms with Gasteiger partial charge in [0.2, 0.25) is 0 Å². The van der Waals surface area contributed by atoms with Gasteiger partial charge in [-0.1, -0.05) is 24.3 Å². The van der Waals surface area contributed by atoms with Gasteiger partial charge >= 0.3 is 0 Å². The van der Waals surface area contributed by atoms with Crippen molar-refractivity contribution in [1.82, 2.24) is 0 Å². The van der Waals surface area contributed by atoms with Gasteiger partial charge in [0.25, 0.3) is 5.91 Å². The topological polar surface area (TPSA) is 80.6 Å². The lowest BCUT2D eigenvalue weighted by molar-refractivity contribution is -0.118. The molecule has 0 aliphatic carbocycles. The Balaban J connectivity index is 1.57. The fraction of sp³-hybridized carbons (Fsp3) is 0.130. The molecule has 0 saturated carbocycles. The summed E-state index contributed by atoms with van der Waals surface area (Å²) in [7, 11) is 3.09. The van der Waals surface area contributed by atoms with Gasteiger partial charge < -0.3 is 19.5 Å². The lowest BCUT2D eigenvalue weighted by Crippen LogP contribution is -2.20. The quantitative estimate of drug-likeness (QED) is 0.654. The number of nitrogens with one attached hydrogen (secondary N) is 1. The Morgan fingerprint density at radius 1 is 0.897 bits per heavy atom. The largest absolute Gasteiger partial charge is 0.493 e. The second-order valence-corrected chi connectivity index (χ2v) is 6.12. The van der Waals surface area contributed by atoms with Gasteiger partial charge in [-0.25, -0.2) is 0 Å². The molecule has 0 aliphatic rings. The molecule has 3 aromatic carbocycles. The van der Waals surface area contributed by atoms with E-state index in [9.17, 15) is 4.79 Å². The molecule has 0 saturated heterocycles. The minimum atomic E-state index is -0.284. The number of rotatable bonds is 7. The molecule has 0 aliphatic heterocycles. The van der Waals surface area contributed by atoms with Gasteiger partial charge in [-0.15, -0.1) is 0 Å². The molecule has 0 unspecified atom stereocenters. The van der Waals surface area contributed by atoms with E-state index in [2.05, 4.69) is 11.4 Å². The molecular weight excluding hydrogens is 368 g/mol. The van der Waals surface area contributed by atoms with Crippen molar-refractivity contribution in [1.29, 1.82) is 5.26 Å². The molecular formula is C23H20N2O4. The fourth-order valence-corrected chi connectivity index (χ4v) is 2.74. The molecule has 1 amide bonds. The van der Waals surface area contributed by atoms with E-state index in [1.54, 1.807) is 49.6 Å². The maximum atomic E-state index is 12.2. The lowest BCUT2D eigenvalue weighted by Gasteiger charge is -2.11. The van der Waals surface area contributed by atoms with Crippen molar-refractivity contribution in [2.45, 2.75) is 0 Å². The average Bonchev–Trinajstić information content (AvgIpc) is 2.78. The maximum Gasteiger partial charge on any atom is 0.262 e. The third-order valence-corrected chi connectivity index (χ3v) is 4.24. The average molecular weight is 388 g/mol. The summed E-state index contributed by atoms with van der Waals surface area (Å²) >= 11 is 0. The summed E-state index contributed by atoms with van der Waals surface area (Å²) in [6.07, 6.45) is 0. The number of amides is 1. The first-order valence-corrected chi connectivity index (χ1v) is 8.88. The van der Waals surface area contributed by atoms with Crippen LogP contribution in [0.25, 0.3) is 11.1 Å². The SMILES string of the molecule is COc1ccc(NC(=O)COc2ccc(-c3ccc(C#N)cc3)cc2)cc1OC. The molecule has 1 N–H and O–H groups in total. The van der Waals surface area contributed by atoms with Crippen LogP contribution < -0.4 is 19.5 Å². The van der Waals surface area contributed by atoms with Gasteiger partial charge in [-0.2, -0.15) is 5.26 Å². The first-order valence-electron chi connectivity index (χ1n) is 8.88. The van der Waals surface area contributed by atoms with Gasteiger partial charge in [-0.3, -0.25) is 4.79 Å². The van der Waals surface area contributed by atoms with Crippen molar-refractivity contribution < 1.29 is 19.0 Å². The molecule has 0 aromatic heterocycles. The van der Waals surface area contributed by atoms with Gasteiger partial charge in [-0.05, 0) is 47.5 Å². The number of anilines is 1. The number of carbonyl (C=O) groups is 1. The second-order valence-electron chi connectivity index (χ2n) is 6.12. The Labute approximate surface area is 169 Å². The highest BCUT2D eigenvalue weighted by Gasteiger charge is 2.08. The number of nitriles is 1. The Morgan fingerprint density at radius 3 is 2.10 bits per heavy atom. The van der Waals surface area contributed by atoms with Gasteiger partial charge in [0.15, 0.2) is 18.1 Å². The molecule has 0 bridgehead atoms. The number of ether oxygens (including phenoxy) is 3. The molecule has 29 heavy (non-hydrogen) atoms. The van der Waals surface area contributed by atoms with Crippen molar-refractivity contribution in [3.8, 4) is 34.4 Å². The maximum absolute atomic E-state index is 12.2. The molecule has 0 spiro atoms. The number of hydrogen-bond acceptors (Lipinski definition) is 5. The highest BCUT2D eigenvalue weighted by atomic mass is 16.5. The predicted molar refractivity (Wildman–Crippen MR) is 110 cm³/mol. The van der Waals surface area contributed by atoms with Crippen LogP contribution in [-0.4, -0.2) is 26.7 Å². The molecule has 0 heterocycles. The molecule has 6 nitrogen and oxygen atoms in total. The van der Waals surface area contributed by atoms with Crippen molar-refractivity contribution in [2.24, 2.45) is 0 Å². The normalized spacial score (nSPS) is 9.97. The molecule has 0 fully saturated rings. The summed E-state index contributed by atoms with van der Waals surface area (Å²) in [5.41, 5.74) is 3.21. The minimum absolute atomic E-state index is 0.120. The van der Waals surface area contributed by atoms with E-state index in [0.717, 1.165) is 11.1 Å². The summed E-state index contributed by atoms with van der Waals surface area (Å²) in [6.45, 7) is -0.120. The van der Waals surface area contributed by atoms with Crippen molar-refractivity contribution in [2.75, 3.05) is 26.1 Å². The first kappa shape index (κ1) is 19.8. The Hall–Kier alpha value is -3.98. The minimum Gasteiger partial charge on any atom is -0.493 e. The molecule has 146 valence electrons. The highest BCUT2D eigenvalue weighted by Crippen LogP contribution is 2.29. The van der Waals surface area contributed by atoms with E-state index in [1.165, 1.54) is 7.11 Å². The molecule has 0 atom stereocenters. The third-order valence-electron chi connectivity index (χ3n) is 4.24. The van der Waals surface area contributed by atoms with E-state index in [0.29, 0.717) is 28.5 Å². The Bertz CT molecular complexity index is 1020. The summed E-state index contributed by atoms with van der Waals surface area (Å²) in [5, 5.41) is 11.6. The smallest absolute Gasteiger partial charge is 0.262 e. The van der Waals surface area contributed by atoms with Crippen LogP contribution in [-0.2, 0) is 4.79 Å². The van der Waals surface area contributed by atoms with E-state index in [1.807, 2.05) is 24.3 Å². The number of methoxy groups -OCH3 is 2. The highest BCUT2D eigenvalue weighted by molar-refractivity contribution is 5.92. The first-order chi connectivity index (χ1) is 14.1. The molecule has 3 rings (SSSR count). The molecule has 0 radical (unpaired) electrons. The van der Waals surface area contributed by atoms with Gasteiger partial charge in [0.1, 0.15) is 5.75 Å². The number of carbonyl (C=O) groups excluding carboxylic acids is 1. The number of benzene rings is 3. The van der Waals surface area contributed by atoms with Crippen molar-refractivity contribution in [3.05, 3.63) is 72.3 Å². The summed E-state index contributed by atoms with van der Waals surface area (Å²) in [4.78, 5) is 12.2. The Kier molecular flexibility index (Phi) is 6.33. The zero-order valence-corrected chi connectivity index (χ0v) is 16.1. The van der Waals surface area contributed by atoms with Crippen molar-refractivity contribution >= 4 is 11.6 Å². The van der Waals surface area contributed by atoms with Crippen molar-refractivity contribution in [3.63, 3.8) is 0 Å². The van der Waals surface area contributed by atoms with E-state index in [4.69, 9.17) is 19.5 Å². The fourth-order valence-electron chi connectivity index (χ4n) is 2.74. The summed E-state index contributed by atoms with van der Waals surface area (Å²) in [6, 6.07) is 22.0. The summed E-state index contributed by atoms with van der Waals surface area (Å²) in [5.74, 6) is 1.42. The van der Waals surface area contributed by atoms with E-state index in [-0.39, 0.29) is 12.5 Å². The third kappa shape index (κ3) is 5.05. The van der Waals surface area contributed by atoms with Crippen LogP contribution >= 0.6 is 0 Å². The molecule has 6 heteroatoms. The van der Waals surface area contributed by atoms with E-state index < -0.39 is 0 Å². The Morgan fingerprint density at radius 2 is 1.52 bits per heavy atom. The lowest BCUT2D eigenvalue weighted by atomic mass is 10.0. The van der Waals surface area contributed by atoms with Crippen LogP contribution in [0.4, 0.5) is 5.69 Å². The number of nitrogens with zero attached hydrogens (tertiary/aromatic N) is 1. The van der Waals surface area contributed by atoms with Gasteiger partial charge in [0, 0.05) is 11.8 Å². The zero-order chi connectivity index (χ0) is 20.6. The second kappa shape index (κ2) is 9.29. The van der Waals surface area contributed by atoms with E-state index >= 15 is 0 Å². The van der Waals surface area contributed by atoms with Crippen LogP contribution in [0.2, 0.25) is 0 Å². The monoisotopic (exact) mass is 388 g/mol. The zero-order valence-electron chi connectivity index (χ0n) is 16.1. The van der Waals surface area contributed by atoms with Crippen LogP contribution in [0.1, 0.15) is 5.56 Å². The molecule has 3 aromatic rings. The van der Waals surface area contributed by atoms with Crippen LogP contribution in [0.15, 0.2) is 66.7 Å². The standard InChI is InChI=1S/C23H20N2O4/c1-27-21-12-9-19(13-22(21)28-2)25-23(26)15-29-20-10-7-18(8-11-20)17-5-3-16(14-24)4-6-17/h3-13H,15H2,1-2H3,(H,25,26). The van der Waals surface area contributed by atoms with Crippen LogP contribution in [0.3, 0.4) is 0 Å². The number of hydrogen-bond donors (Lipinski definition) is 1. The predicted octanol–water partition coefficient (Wildman–Crippen LogP) is 4.26.